The second kappa shape index (κ2) is 5.25. The van der Waals surface area contributed by atoms with Crippen LogP contribution in [0.2, 0.25) is 0 Å². The van der Waals surface area contributed by atoms with Crippen molar-refractivity contribution in [3.8, 4) is 0 Å². The van der Waals surface area contributed by atoms with E-state index < -0.39 is 0 Å². The van der Waals surface area contributed by atoms with Crippen LogP contribution in [0.4, 0.5) is 5.82 Å². The molecule has 0 aliphatic heterocycles. The van der Waals surface area contributed by atoms with Crippen molar-refractivity contribution in [3.63, 3.8) is 0 Å². The first-order chi connectivity index (χ1) is 10.7. The van der Waals surface area contributed by atoms with Crippen molar-refractivity contribution in [1.82, 2.24) is 10.2 Å². The van der Waals surface area contributed by atoms with Gasteiger partial charge in [0.25, 0.3) is 0 Å². The molecule has 0 bridgehead atoms. The summed E-state index contributed by atoms with van der Waals surface area (Å²) in [5.74, 6) is 1.23. The van der Waals surface area contributed by atoms with E-state index in [0.717, 1.165) is 10.6 Å². The number of H-pyrrole nitrogens is 1. The fourth-order valence-corrected chi connectivity index (χ4v) is 3.94. The van der Waals surface area contributed by atoms with Crippen LogP contribution in [0.25, 0.3) is 10.1 Å². The fraction of sp³-hybridized carbons (Fsp3) is 0.294. The lowest BCUT2D eigenvalue weighted by Gasteiger charge is -2.01. The van der Waals surface area contributed by atoms with E-state index in [1.807, 2.05) is 18.2 Å². The molecule has 4 nitrogen and oxygen atoms in total. The highest BCUT2D eigenvalue weighted by Crippen LogP contribution is 2.39. The molecule has 1 aliphatic rings. The average molecular weight is 311 g/mol. The number of amides is 1. The number of carbonyl (C=O) groups excluding carboxylic acids is 1. The predicted octanol–water partition coefficient (Wildman–Crippen LogP) is 3.99. The molecule has 0 atom stereocenters. The van der Waals surface area contributed by atoms with Crippen LogP contribution in [0.5, 0.6) is 0 Å². The summed E-state index contributed by atoms with van der Waals surface area (Å²) in [7, 11) is 0. The first-order valence-electron chi connectivity index (χ1n) is 7.53. The highest BCUT2D eigenvalue weighted by atomic mass is 32.1. The smallest absolute Gasteiger partial charge is 0.230 e. The van der Waals surface area contributed by atoms with Crippen molar-refractivity contribution >= 4 is 33.1 Å². The number of nitrogens with one attached hydrogen (secondary N) is 2. The summed E-state index contributed by atoms with van der Waals surface area (Å²) in [6.45, 7) is 2.08. The Morgan fingerprint density at radius 3 is 3.00 bits per heavy atom. The van der Waals surface area contributed by atoms with E-state index in [1.54, 1.807) is 11.3 Å². The molecular weight excluding hydrogens is 294 g/mol. The van der Waals surface area contributed by atoms with Gasteiger partial charge in [0, 0.05) is 27.3 Å². The van der Waals surface area contributed by atoms with Gasteiger partial charge in [0.2, 0.25) is 5.91 Å². The van der Waals surface area contributed by atoms with Gasteiger partial charge in [-0.25, -0.2) is 0 Å². The van der Waals surface area contributed by atoms with Gasteiger partial charge in [-0.3, -0.25) is 9.89 Å². The highest BCUT2D eigenvalue weighted by Gasteiger charge is 2.25. The van der Waals surface area contributed by atoms with E-state index in [2.05, 4.69) is 34.6 Å². The van der Waals surface area contributed by atoms with Crippen LogP contribution in [0.15, 0.2) is 30.3 Å². The largest absolute Gasteiger partial charge is 0.309 e. The molecule has 2 heterocycles. The van der Waals surface area contributed by atoms with Crippen LogP contribution < -0.4 is 5.32 Å². The lowest BCUT2D eigenvalue weighted by molar-refractivity contribution is -0.115. The molecule has 1 saturated carbocycles. The van der Waals surface area contributed by atoms with Gasteiger partial charge in [-0.15, -0.1) is 11.3 Å². The number of benzene rings is 1. The van der Waals surface area contributed by atoms with Gasteiger partial charge < -0.3 is 5.32 Å². The molecular formula is C17H17N3OS. The molecule has 5 heteroatoms. The van der Waals surface area contributed by atoms with Crippen LogP contribution >= 0.6 is 11.3 Å². The number of rotatable bonds is 4. The van der Waals surface area contributed by atoms with Crippen LogP contribution in [-0.4, -0.2) is 16.1 Å². The monoisotopic (exact) mass is 311 g/mol. The Balaban J connectivity index is 1.49. The molecule has 1 aliphatic carbocycles. The molecule has 2 N–H and O–H groups in total. The van der Waals surface area contributed by atoms with Gasteiger partial charge in [-0.05, 0) is 36.8 Å². The van der Waals surface area contributed by atoms with E-state index in [0.29, 0.717) is 18.2 Å². The van der Waals surface area contributed by atoms with E-state index in [4.69, 9.17) is 0 Å². The van der Waals surface area contributed by atoms with Crippen molar-refractivity contribution in [2.45, 2.75) is 32.1 Å². The van der Waals surface area contributed by atoms with Crippen molar-refractivity contribution in [3.05, 3.63) is 46.5 Å². The van der Waals surface area contributed by atoms with Gasteiger partial charge in [-0.1, -0.05) is 18.2 Å². The van der Waals surface area contributed by atoms with E-state index in [9.17, 15) is 4.79 Å². The maximum absolute atomic E-state index is 12.2. The Labute approximate surface area is 132 Å². The molecule has 1 aromatic carbocycles. The van der Waals surface area contributed by atoms with Crippen molar-refractivity contribution in [1.29, 1.82) is 0 Å². The summed E-state index contributed by atoms with van der Waals surface area (Å²) in [6.07, 6.45) is 2.84. The third-order valence-corrected chi connectivity index (χ3v) is 5.42. The third-order valence-electron chi connectivity index (χ3n) is 4.15. The van der Waals surface area contributed by atoms with Crippen LogP contribution in [0.1, 0.15) is 34.9 Å². The summed E-state index contributed by atoms with van der Waals surface area (Å²) in [5, 5.41) is 11.3. The molecule has 1 fully saturated rings. The molecule has 0 spiro atoms. The number of thiophene rings is 1. The Morgan fingerprint density at radius 1 is 1.41 bits per heavy atom. The number of hydrogen-bond donors (Lipinski definition) is 2. The zero-order valence-corrected chi connectivity index (χ0v) is 13.2. The molecule has 112 valence electrons. The third kappa shape index (κ3) is 2.52. The summed E-state index contributed by atoms with van der Waals surface area (Å²) in [6, 6.07) is 10.2. The van der Waals surface area contributed by atoms with E-state index in [-0.39, 0.29) is 5.91 Å². The Bertz CT molecular complexity index is 845. The Morgan fingerprint density at radius 2 is 2.23 bits per heavy atom. The lowest BCUT2D eigenvalue weighted by Crippen LogP contribution is -2.14. The summed E-state index contributed by atoms with van der Waals surface area (Å²) < 4.78 is 1.23. The van der Waals surface area contributed by atoms with Crippen molar-refractivity contribution in [2.24, 2.45) is 0 Å². The highest BCUT2D eigenvalue weighted by molar-refractivity contribution is 7.19. The second-order valence-electron chi connectivity index (χ2n) is 5.85. The molecule has 22 heavy (non-hydrogen) atoms. The Hall–Kier alpha value is -2.14. The zero-order chi connectivity index (χ0) is 15.1. The summed E-state index contributed by atoms with van der Waals surface area (Å²) in [4.78, 5) is 13.4. The number of anilines is 1. The number of hydrogen-bond acceptors (Lipinski definition) is 3. The molecule has 0 unspecified atom stereocenters. The van der Waals surface area contributed by atoms with E-state index >= 15 is 0 Å². The first-order valence-corrected chi connectivity index (χ1v) is 8.34. The number of carbonyl (C=O) groups is 1. The van der Waals surface area contributed by atoms with Gasteiger partial charge >= 0.3 is 0 Å². The van der Waals surface area contributed by atoms with Crippen LogP contribution in [0, 0.1) is 6.92 Å². The van der Waals surface area contributed by atoms with Crippen molar-refractivity contribution < 1.29 is 4.79 Å². The van der Waals surface area contributed by atoms with Gasteiger partial charge in [0.05, 0.1) is 6.42 Å². The minimum Gasteiger partial charge on any atom is -0.309 e. The molecule has 4 rings (SSSR count). The number of aromatic amines is 1. The number of fused-ring (bicyclic) bond motifs is 1. The summed E-state index contributed by atoms with van der Waals surface area (Å²) >= 11 is 1.69. The van der Waals surface area contributed by atoms with Crippen LogP contribution in [-0.2, 0) is 11.2 Å². The maximum atomic E-state index is 12.2. The van der Waals surface area contributed by atoms with E-state index in [1.165, 1.54) is 28.5 Å². The maximum Gasteiger partial charge on any atom is 0.230 e. The minimum atomic E-state index is -0.0106. The predicted molar refractivity (Wildman–Crippen MR) is 89.5 cm³/mol. The molecule has 0 saturated heterocycles. The standard InChI is InChI=1S/C17H17N3OS/c1-10-12-4-2-3-5-14(12)22-15(10)9-17(21)18-16-8-13(19-20-16)11-6-7-11/h2-5,8,11H,6-7,9H2,1H3,(H2,18,19,20,21). The van der Waals surface area contributed by atoms with Gasteiger partial charge in [0.1, 0.15) is 0 Å². The van der Waals surface area contributed by atoms with Gasteiger partial charge in [0.15, 0.2) is 5.82 Å². The second-order valence-corrected chi connectivity index (χ2v) is 6.99. The number of aromatic nitrogens is 2. The average Bonchev–Trinajstić information content (AvgIpc) is 3.19. The molecule has 3 aromatic rings. The lowest BCUT2D eigenvalue weighted by atomic mass is 10.1. The zero-order valence-electron chi connectivity index (χ0n) is 12.3. The molecule has 0 radical (unpaired) electrons. The molecule has 1 amide bonds. The van der Waals surface area contributed by atoms with Gasteiger partial charge in [-0.2, -0.15) is 5.10 Å². The van der Waals surface area contributed by atoms with Crippen molar-refractivity contribution in [2.75, 3.05) is 5.32 Å². The normalized spacial score (nSPS) is 14.4. The Kier molecular flexibility index (Phi) is 3.22. The minimum absolute atomic E-state index is 0.0106. The first kappa shape index (κ1) is 13.5. The quantitative estimate of drug-likeness (QED) is 0.765. The SMILES string of the molecule is Cc1c(CC(=O)Nc2cc(C3CC3)[nH]n2)sc2ccccc12. The topological polar surface area (TPSA) is 57.8 Å². The fourth-order valence-electron chi connectivity index (χ4n) is 2.73. The van der Waals surface area contributed by atoms with Crippen LogP contribution in [0.3, 0.4) is 0 Å². The summed E-state index contributed by atoms with van der Waals surface area (Å²) in [5.41, 5.74) is 2.34. The number of aryl methyl sites for hydroxylation is 1. The molecule has 2 aromatic heterocycles. The number of nitrogens with zero attached hydrogens (tertiary/aromatic N) is 1.